The van der Waals surface area contributed by atoms with Crippen LogP contribution >= 0.6 is 24.8 Å². The Balaban J connectivity index is 0.00000182. The van der Waals surface area contributed by atoms with Gasteiger partial charge >= 0.3 is 0 Å². The van der Waals surface area contributed by atoms with Gasteiger partial charge in [-0.2, -0.15) is 0 Å². The summed E-state index contributed by atoms with van der Waals surface area (Å²) in [4.78, 5) is 19.5. The quantitative estimate of drug-likeness (QED) is 0.720. The molecule has 0 aliphatic carbocycles. The minimum Gasteiger partial charge on any atom is -0.351 e. The molecule has 3 rings (SSSR count). The molecule has 2 saturated heterocycles. The smallest absolute Gasteiger partial charge is 0.251 e. The second-order valence-electron chi connectivity index (χ2n) is 7.12. The molecule has 0 aromatic heterocycles. The fourth-order valence-electron chi connectivity index (χ4n) is 3.39. The van der Waals surface area contributed by atoms with Crippen LogP contribution in [-0.4, -0.2) is 93.1 Å². The van der Waals surface area contributed by atoms with Crippen molar-refractivity contribution in [2.45, 2.75) is 6.54 Å². The highest BCUT2D eigenvalue weighted by Gasteiger charge is 2.14. The van der Waals surface area contributed by atoms with E-state index in [0.29, 0.717) is 6.54 Å². The van der Waals surface area contributed by atoms with Crippen LogP contribution in [0.4, 0.5) is 0 Å². The molecule has 2 fully saturated rings. The highest BCUT2D eigenvalue weighted by atomic mass is 35.5. The van der Waals surface area contributed by atoms with Crippen molar-refractivity contribution < 1.29 is 4.79 Å². The molecule has 2 N–H and O–H groups in total. The van der Waals surface area contributed by atoms with Gasteiger partial charge in [-0.1, -0.05) is 12.1 Å². The maximum atomic E-state index is 12.3. The first-order valence-corrected chi connectivity index (χ1v) is 9.42. The van der Waals surface area contributed by atoms with Crippen molar-refractivity contribution in [3.63, 3.8) is 0 Å². The van der Waals surface area contributed by atoms with Gasteiger partial charge in [0.15, 0.2) is 0 Å². The summed E-state index contributed by atoms with van der Waals surface area (Å²) in [5, 5.41) is 6.38. The topological polar surface area (TPSA) is 50.9 Å². The first-order valence-electron chi connectivity index (χ1n) is 9.42. The second-order valence-corrected chi connectivity index (χ2v) is 7.12. The van der Waals surface area contributed by atoms with Crippen molar-refractivity contribution in [2.24, 2.45) is 0 Å². The molecule has 27 heavy (non-hydrogen) atoms. The lowest BCUT2D eigenvalue weighted by molar-refractivity contribution is 0.0947. The number of rotatable bonds is 6. The number of benzene rings is 1. The van der Waals surface area contributed by atoms with Gasteiger partial charge in [-0.15, -0.1) is 24.8 Å². The SMILES string of the molecule is CN1CCN(Cc2ccc(C(=O)NCCN3CCNCC3)cc2)CC1.Cl.Cl. The number of hydrogen-bond donors (Lipinski definition) is 2. The highest BCUT2D eigenvalue weighted by molar-refractivity contribution is 5.94. The number of nitrogens with zero attached hydrogens (tertiary/aromatic N) is 3. The molecule has 6 nitrogen and oxygen atoms in total. The van der Waals surface area contributed by atoms with E-state index >= 15 is 0 Å². The van der Waals surface area contributed by atoms with E-state index in [0.717, 1.165) is 71.0 Å². The Morgan fingerprint density at radius 2 is 1.59 bits per heavy atom. The van der Waals surface area contributed by atoms with Crippen molar-refractivity contribution in [3.8, 4) is 0 Å². The molecule has 0 saturated carbocycles. The summed E-state index contributed by atoms with van der Waals surface area (Å²) >= 11 is 0. The number of carbonyl (C=O) groups excluding carboxylic acids is 1. The lowest BCUT2D eigenvalue weighted by Crippen LogP contribution is -2.46. The van der Waals surface area contributed by atoms with Gasteiger partial charge in [-0.3, -0.25) is 14.6 Å². The van der Waals surface area contributed by atoms with E-state index in [2.05, 4.69) is 44.5 Å². The van der Waals surface area contributed by atoms with Crippen molar-refractivity contribution in [1.82, 2.24) is 25.3 Å². The molecule has 0 bridgehead atoms. The van der Waals surface area contributed by atoms with E-state index in [9.17, 15) is 4.79 Å². The summed E-state index contributed by atoms with van der Waals surface area (Å²) in [5.74, 6) is 0.0290. The summed E-state index contributed by atoms with van der Waals surface area (Å²) in [6, 6.07) is 8.07. The van der Waals surface area contributed by atoms with Crippen LogP contribution in [0.2, 0.25) is 0 Å². The van der Waals surface area contributed by atoms with Gasteiger partial charge in [-0.25, -0.2) is 0 Å². The van der Waals surface area contributed by atoms with Crippen molar-refractivity contribution in [1.29, 1.82) is 0 Å². The van der Waals surface area contributed by atoms with Crippen LogP contribution in [0.15, 0.2) is 24.3 Å². The molecule has 1 aromatic rings. The molecular formula is C19H33Cl2N5O. The van der Waals surface area contributed by atoms with Gasteiger partial charge in [0.05, 0.1) is 0 Å². The first kappa shape index (κ1) is 24.1. The molecule has 8 heteroatoms. The minimum atomic E-state index is 0. The summed E-state index contributed by atoms with van der Waals surface area (Å²) < 4.78 is 0. The van der Waals surface area contributed by atoms with E-state index in [1.807, 2.05) is 12.1 Å². The normalized spacial score (nSPS) is 19.0. The maximum Gasteiger partial charge on any atom is 0.251 e. The van der Waals surface area contributed by atoms with Crippen LogP contribution in [-0.2, 0) is 6.54 Å². The third-order valence-corrected chi connectivity index (χ3v) is 5.14. The number of piperazine rings is 2. The fourth-order valence-corrected chi connectivity index (χ4v) is 3.39. The lowest BCUT2D eigenvalue weighted by Gasteiger charge is -2.32. The van der Waals surface area contributed by atoms with Gasteiger partial charge in [0.1, 0.15) is 0 Å². The minimum absolute atomic E-state index is 0. The number of likely N-dealkylation sites (N-methyl/N-ethyl adjacent to an activating group) is 1. The Morgan fingerprint density at radius 1 is 0.963 bits per heavy atom. The molecule has 2 heterocycles. The van der Waals surface area contributed by atoms with E-state index in [4.69, 9.17) is 0 Å². The number of halogens is 2. The van der Waals surface area contributed by atoms with Crippen LogP contribution in [0.5, 0.6) is 0 Å². The zero-order chi connectivity index (χ0) is 17.5. The van der Waals surface area contributed by atoms with Crippen LogP contribution < -0.4 is 10.6 Å². The highest BCUT2D eigenvalue weighted by Crippen LogP contribution is 2.09. The van der Waals surface area contributed by atoms with E-state index in [1.54, 1.807) is 0 Å². The van der Waals surface area contributed by atoms with Crippen molar-refractivity contribution in [3.05, 3.63) is 35.4 Å². The average Bonchev–Trinajstić information content (AvgIpc) is 2.65. The zero-order valence-corrected chi connectivity index (χ0v) is 17.8. The number of hydrogen-bond acceptors (Lipinski definition) is 5. The monoisotopic (exact) mass is 417 g/mol. The Kier molecular flexibility index (Phi) is 11.2. The van der Waals surface area contributed by atoms with E-state index < -0.39 is 0 Å². The molecule has 2 aliphatic rings. The van der Waals surface area contributed by atoms with E-state index in [-0.39, 0.29) is 30.7 Å². The maximum absolute atomic E-state index is 12.3. The van der Waals surface area contributed by atoms with Gasteiger partial charge in [0.25, 0.3) is 5.91 Å². The van der Waals surface area contributed by atoms with Crippen LogP contribution in [0.25, 0.3) is 0 Å². The lowest BCUT2D eigenvalue weighted by atomic mass is 10.1. The average molecular weight is 418 g/mol. The van der Waals surface area contributed by atoms with Gasteiger partial charge < -0.3 is 15.5 Å². The summed E-state index contributed by atoms with van der Waals surface area (Å²) in [5.41, 5.74) is 2.03. The van der Waals surface area contributed by atoms with Crippen molar-refractivity contribution >= 4 is 30.7 Å². The fraction of sp³-hybridized carbons (Fsp3) is 0.632. The molecule has 0 spiro atoms. The van der Waals surface area contributed by atoms with Crippen LogP contribution in [0.1, 0.15) is 15.9 Å². The number of nitrogens with one attached hydrogen (secondary N) is 2. The summed E-state index contributed by atoms with van der Waals surface area (Å²) in [6.07, 6.45) is 0. The molecule has 0 unspecified atom stereocenters. The molecule has 1 amide bonds. The standard InChI is InChI=1S/C19H31N5O.2ClH/c1-22-12-14-24(15-13-22)16-17-2-4-18(5-3-17)19(25)21-8-11-23-9-6-20-7-10-23;;/h2-5,20H,6-16H2,1H3,(H,21,25);2*1H. The zero-order valence-electron chi connectivity index (χ0n) is 16.2. The van der Waals surface area contributed by atoms with Gasteiger partial charge in [-0.05, 0) is 24.7 Å². The summed E-state index contributed by atoms with van der Waals surface area (Å²) in [6.45, 7) is 11.3. The Bertz CT molecular complexity index is 544. The van der Waals surface area contributed by atoms with Crippen LogP contribution in [0.3, 0.4) is 0 Å². The molecule has 2 aliphatic heterocycles. The van der Waals surface area contributed by atoms with Gasteiger partial charge in [0.2, 0.25) is 0 Å². The molecule has 1 aromatic carbocycles. The Morgan fingerprint density at radius 3 is 2.22 bits per heavy atom. The van der Waals surface area contributed by atoms with Gasteiger partial charge in [0, 0.05) is 77.6 Å². The number of carbonyl (C=O) groups is 1. The number of amides is 1. The third-order valence-electron chi connectivity index (χ3n) is 5.14. The first-order chi connectivity index (χ1) is 12.2. The largest absolute Gasteiger partial charge is 0.351 e. The second kappa shape index (κ2) is 12.5. The van der Waals surface area contributed by atoms with Crippen LogP contribution in [0, 0.1) is 0 Å². The third kappa shape index (κ3) is 7.94. The molecular weight excluding hydrogens is 385 g/mol. The van der Waals surface area contributed by atoms with E-state index in [1.165, 1.54) is 5.56 Å². The predicted octanol–water partition coefficient (Wildman–Crippen LogP) is 0.913. The molecule has 154 valence electrons. The Labute approximate surface area is 175 Å². The summed E-state index contributed by atoms with van der Waals surface area (Å²) in [7, 11) is 2.17. The molecule has 0 radical (unpaired) electrons. The molecule has 0 atom stereocenters. The predicted molar refractivity (Wildman–Crippen MR) is 115 cm³/mol. The Hall–Kier alpha value is -0.890. The van der Waals surface area contributed by atoms with Crippen molar-refractivity contribution in [2.75, 3.05) is 72.5 Å².